The van der Waals surface area contributed by atoms with Crippen LogP contribution in [0.1, 0.15) is 5.69 Å². The number of primary amides is 1. The molecule has 6 nitrogen and oxygen atoms in total. The monoisotopic (exact) mass is 297 g/mol. The second kappa shape index (κ2) is 5.03. The lowest BCUT2D eigenvalue weighted by molar-refractivity contribution is -0.141. The highest BCUT2D eigenvalue weighted by Gasteiger charge is 2.33. The first kappa shape index (κ1) is 15.2. The van der Waals surface area contributed by atoms with Crippen molar-refractivity contribution >= 4 is 21.6 Å². The third-order valence-corrected chi connectivity index (χ3v) is 2.23. The van der Waals surface area contributed by atoms with E-state index in [1.54, 1.807) is 0 Å². The maximum atomic E-state index is 12.6. The molecule has 0 saturated heterocycles. The van der Waals surface area contributed by atoms with Gasteiger partial charge in [-0.15, -0.1) is 0 Å². The molecule has 10 heteroatoms. The zero-order chi connectivity index (χ0) is 14.8. The normalized spacial score (nSPS) is 12.1. The molecule has 0 spiro atoms. The summed E-state index contributed by atoms with van der Waals surface area (Å²) < 4.78 is 57.0. The highest BCUT2D eigenvalue weighted by atomic mass is 32.2. The lowest BCUT2D eigenvalue weighted by Crippen LogP contribution is -2.17. The molecule has 0 aliphatic heterocycles. The van der Waals surface area contributed by atoms with Crippen LogP contribution in [-0.4, -0.2) is 27.8 Å². The van der Waals surface area contributed by atoms with Crippen LogP contribution >= 0.6 is 0 Å². The Morgan fingerprint density at radius 1 is 1.42 bits per heavy atom. The van der Waals surface area contributed by atoms with Crippen LogP contribution in [-0.2, 0) is 15.9 Å². The van der Waals surface area contributed by atoms with Gasteiger partial charge in [0.15, 0.2) is 11.5 Å². The number of carbonyl (C=O) groups is 1. The van der Waals surface area contributed by atoms with Gasteiger partial charge in [-0.1, -0.05) is 0 Å². The smallest absolute Gasteiger partial charge is 0.410 e. The van der Waals surface area contributed by atoms with Crippen LogP contribution in [0.4, 0.5) is 23.8 Å². The third kappa shape index (κ3) is 5.12. The molecule has 0 aliphatic carbocycles. The molecule has 0 unspecified atom stereocenters. The Kier molecular flexibility index (Phi) is 4.03. The number of carbonyl (C=O) groups excluding carboxylic acids is 1. The lowest BCUT2D eigenvalue weighted by Gasteiger charge is -2.09. The number of nitrogens with zero attached hydrogens (tertiary/aromatic N) is 2. The Morgan fingerprint density at radius 3 is 2.42 bits per heavy atom. The summed E-state index contributed by atoms with van der Waals surface area (Å²) in [5, 5.41) is 0. The Labute approximate surface area is 107 Å². The first-order chi connectivity index (χ1) is 8.47. The van der Waals surface area contributed by atoms with E-state index in [-0.39, 0.29) is 0 Å². The summed E-state index contributed by atoms with van der Waals surface area (Å²) in [6.45, 7) is 0. The molecular weight excluding hydrogens is 287 g/mol. The van der Waals surface area contributed by atoms with E-state index < -0.39 is 39.3 Å². The zero-order valence-corrected chi connectivity index (χ0v) is 10.7. The summed E-state index contributed by atoms with van der Waals surface area (Å²) in [7, 11) is -2.71. The molecule has 0 fully saturated rings. The van der Waals surface area contributed by atoms with E-state index in [0.29, 0.717) is 6.07 Å². The molecule has 1 aromatic heterocycles. The van der Waals surface area contributed by atoms with Crippen molar-refractivity contribution in [1.82, 2.24) is 4.98 Å². The minimum absolute atomic E-state index is 0.457. The molecule has 19 heavy (non-hydrogen) atoms. The highest BCUT2D eigenvalue weighted by molar-refractivity contribution is 7.92. The van der Waals surface area contributed by atoms with Gasteiger partial charge in [0.05, 0.1) is 0 Å². The number of pyridine rings is 1. The van der Waals surface area contributed by atoms with Crippen molar-refractivity contribution in [3.05, 3.63) is 17.8 Å². The predicted octanol–water partition coefficient (Wildman–Crippen LogP) is 1.92. The fourth-order valence-electron chi connectivity index (χ4n) is 1.08. The summed E-state index contributed by atoms with van der Waals surface area (Å²) in [6, 6.07) is 1.43. The fraction of sp³-hybridized carbons (Fsp3) is 0.333. The first-order valence-electron chi connectivity index (χ1n) is 4.71. The quantitative estimate of drug-likeness (QED) is 0.902. The van der Waals surface area contributed by atoms with Gasteiger partial charge in [-0.2, -0.15) is 17.5 Å². The van der Waals surface area contributed by atoms with Crippen molar-refractivity contribution in [3.63, 3.8) is 0 Å². The minimum Gasteiger partial charge on any atom is -0.410 e. The predicted molar refractivity (Wildman–Crippen MR) is 61.5 cm³/mol. The van der Waals surface area contributed by atoms with E-state index in [2.05, 4.69) is 14.1 Å². The van der Waals surface area contributed by atoms with Gasteiger partial charge in [0.1, 0.15) is 5.75 Å². The Bertz CT molecular complexity index is 613. The van der Waals surface area contributed by atoms with Crippen LogP contribution in [0.3, 0.4) is 0 Å². The van der Waals surface area contributed by atoms with Crippen molar-refractivity contribution in [2.24, 2.45) is 10.1 Å². The van der Waals surface area contributed by atoms with Gasteiger partial charge >= 0.3 is 12.3 Å². The van der Waals surface area contributed by atoms with Gasteiger partial charge in [0.2, 0.25) is 0 Å². The zero-order valence-electron chi connectivity index (χ0n) is 9.89. The Balaban J connectivity index is 3.41. The Morgan fingerprint density at radius 2 is 2.00 bits per heavy atom. The SMILES string of the molecule is CS(C)(=O)=Nc1cc(OC(N)=O)cc(C(F)(F)F)n1. The van der Waals surface area contributed by atoms with E-state index in [4.69, 9.17) is 5.73 Å². The van der Waals surface area contributed by atoms with Crippen molar-refractivity contribution in [1.29, 1.82) is 0 Å². The number of nitrogens with two attached hydrogens (primary N) is 1. The number of aromatic nitrogens is 1. The number of hydrogen-bond acceptors (Lipinski definition) is 5. The molecule has 106 valence electrons. The molecule has 1 aromatic rings. The van der Waals surface area contributed by atoms with Crippen LogP contribution in [0.5, 0.6) is 5.75 Å². The number of halogens is 3. The van der Waals surface area contributed by atoms with Crippen LogP contribution in [0.25, 0.3) is 0 Å². The summed E-state index contributed by atoms with van der Waals surface area (Å²) in [6.07, 6.45) is -3.59. The molecule has 0 aliphatic rings. The number of ether oxygens (including phenoxy) is 1. The van der Waals surface area contributed by atoms with E-state index in [1.165, 1.54) is 12.5 Å². The molecule has 1 amide bonds. The summed E-state index contributed by atoms with van der Waals surface area (Å²) in [4.78, 5) is 13.7. The van der Waals surface area contributed by atoms with Gasteiger partial charge in [-0.25, -0.2) is 14.0 Å². The molecule has 2 N–H and O–H groups in total. The number of amides is 1. The number of rotatable bonds is 2. The summed E-state index contributed by atoms with van der Waals surface area (Å²) in [5.41, 5.74) is 3.39. The minimum atomic E-state index is -4.76. The maximum Gasteiger partial charge on any atom is 0.433 e. The highest BCUT2D eigenvalue weighted by Crippen LogP contribution is 2.32. The fourth-order valence-corrected chi connectivity index (χ4v) is 1.63. The summed E-state index contributed by atoms with van der Waals surface area (Å²) >= 11 is 0. The van der Waals surface area contributed by atoms with Crippen LogP contribution in [0.15, 0.2) is 16.5 Å². The van der Waals surface area contributed by atoms with E-state index in [0.717, 1.165) is 6.07 Å². The molecule has 0 radical (unpaired) electrons. The second-order valence-electron chi connectivity index (χ2n) is 3.74. The van der Waals surface area contributed by atoms with Crippen molar-refractivity contribution in [3.8, 4) is 5.75 Å². The van der Waals surface area contributed by atoms with Crippen molar-refractivity contribution in [2.75, 3.05) is 12.5 Å². The molecule has 0 aromatic carbocycles. The van der Waals surface area contributed by atoms with E-state index in [1.807, 2.05) is 0 Å². The molecule has 0 bridgehead atoms. The standard InChI is InChI=1S/C9H10F3N3O3S/c1-19(2,17)15-7-4-5(18-8(13)16)3-6(14-7)9(10,11)12/h3-4H,1-2H3,(H2,13,16). The topological polar surface area (TPSA) is 94.6 Å². The average Bonchev–Trinajstić information content (AvgIpc) is 2.11. The third-order valence-electron chi connectivity index (χ3n) is 1.61. The Hall–Kier alpha value is -1.84. The van der Waals surface area contributed by atoms with Gasteiger partial charge in [0, 0.05) is 34.4 Å². The van der Waals surface area contributed by atoms with Gasteiger partial charge in [-0.05, 0) is 0 Å². The van der Waals surface area contributed by atoms with Crippen LogP contribution in [0, 0.1) is 0 Å². The molecular formula is C9H10F3N3O3S. The van der Waals surface area contributed by atoms with Gasteiger partial charge in [-0.3, -0.25) is 0 Å². The summed E-state index contributed by atoms with van der Waals surface area (Å²) in [5.74, 6) is -0.932. The molecule has 0 atom stereocenters. The van der Waals surface area contributed by atoms with E-state index >= 15 is 0 Å². The second-order valence-corrected chi connectivity index (χ2v) is 6.28. The van der Waals surface area contributed by atoms with Gasteiger partial charge < -0.3 is 10.5 Å². The largest absolute Gasteiger partial charge is 0.433 e. The first-order valence-corrected chi connectivity index (χ1v) is 7.04. The number of hydrogen-bond donors (Lipinski definition) is 1. The average molecular weight is 297 g/mol. The van der Waals surface area contributed by atoms with Crippen LogP contribution in [0.2, 0.25) is 0 Å². The number of alkyl halides is 3. The van der Waals surface area contributed by atoms with Crippen molar-refractivity contribution < 1.29 is 26.9 Å². The van der Waals surface area contributed by atoms with Crippen LogP contribution < -0.4 is 10.5 Å². The lowest BCUT2D eigenvalue weighted by atomic mass is 10.3. The maximum absolute atomic E-state index is 12.6. The molecule has 0 saturated carbocycles. The molecule has 1 heterocycles. The van der Waals surface area contributed by atoms with Gasteiger partial charge in [0.25, 0.3) is 0 Å². The van der Waals surface area contributed by atoms with Crippen molar-refractivity contribution in [2.45, 2.75) is 6.18 Å². The molecule has 1 rings (SSSR count). The van der Waals surface area contributed by atoms with E-state index in [9.17, 15) is 22.2 Å².